The van der Waals surface area contributed by atoms with Crippen molar-refractivity contribution in [2.75, 3.05) is 35.3 Å². The molecule has 0 atom stereocenters. The molecule has 2 aromatic heterocycles. The topological polar surface area (TPSA) is 61.4 Å². The van der Waals surface area contributed by atoms with Gasteiger partial charge in [0.05, 0.1) is 5.69 Å². The van der Waals surface area contributed by atoms with Crippen molar-refractivity contribution in [2.45, 2.75) is 6.42 Å². The van der Waals surface area contributed by atoms with Crippen molar-refractivity contribution in [3.05, 3.63) is 41.7 Å². The molecule has 0 spiro atoms. The van der Waals surface area contributed by atoms with Gasteiger partial charge in [-0.3, -0.25) is 10.2 Å². The van der Waals surface area contributed by atoms with Gasteiger partial charge >= 0.3 is 6.03 Å². The number of halogens is 1. The van der Waals surface area contributed by atoms with Gasteiger partial charge < -0.3 is 4.90 Å². The molecule has 0 saturated carbocycles. The molecule has 1 aliphatic heterocycles. The summed E-state index contributed by atoms with van der Waals surface area (Å²) in [5.41, 5.74) is 0.887. The third-order valence-electron chi connectivity index (χ3n) is 3.51. The summed E-state index contributed by atoms with van der Waals surface area (Å²) in [5, 5.41) is 3.15. The Hall–Kier alpha value is -2.34. The molecule has 2 aromatic rings. The van der Waals surface area contributed by atoms with Crippen LogP contribution in [0.2, 0.25) is 5.15 Å². The molecule has 0 radical (unpaired) electrons. The van der Waals surface area contributed by atoms with Crippen LogP contribution in [0.5, 0.6) is 0 Å². The number of hydrogen-bond acceptors (Lipinski definition) is 4. The fourth-order valence-electron chi connectivity index (χ4n) is 2.42. The fraction of sp³-hybridized carbons (Fsp3) is 0.267. The van der Waals surface area contributed by atoms with Crippen LogP contribution in [0.3, 0.4) is 0 Å². The Morgan fingerprint density at radius 2 is 2.14 bits per heavy atom. The standard InChI is InChI=1S/C15H16ClN5O/c1-20-9-4-10-21(14-11(20)6-7-12(16)18-14)15(22)19-13-5-2-3-8-17-13/h2-3,5-8H,4,9-10H2,1H3,(H,17,19,22). The second kappa shape index (κ2) is 6.19. The van der Waals surface area contributed by atoms with Gasteiger partial charge in [0, 0.05) is 26.3 Å². The summed E-state index contributed by atoms with van der Waals surface area (Å²) >= 11 is 6.01. The molecule has 3 heterocycles. The average molecular weight is 318 g/mol. The highest BCUT2D eigenvalue weighted by Crippen LogP contribution is 2.31. The second-order valence-corrected chi connectivity index (χ2v) is 5.44. The van der Waals surface area contributed by atoms with E-state index in [1.807, 2.05) is 19.2 Å². The molecular weight excluding hydrogens is 302 g/mol. The van der Waals surface area contributed by atoms with Crippen LogP contribution < -0.4 is 15.1 Å². The highest BCUT2D eigenvalue weighted by Gasteiger charge is 2.25. The van der Waals surface area contributed by atoms with Crippen molar-refractivity contribution < 1.29 is 4.79 Å². The highest BCUT2D eigenvalue weighted by atomic mass is 35.5. The van der Waals surface area contributed by atoms with E-state index in [0.29, 0.717) is 23.3 Å². The number of carbonyl (C=O) groups excluding carboxylic acids is 1. The number of aromatic nitrogens is 2. The summed E-state index contributed by atoms with van der Waals surface area (Å²) in [5.74, 6) is 1.08. The van der Waals surface area contributed by atoms with E-state index < -0.39 is 0 Å². The maximum absolute atomic E-state index is 12.6. The number of nitrogens with zero attached hydrogens (tertiary/aromatic N) is 4. The zero-order valence-corrected chi connectivity index (χ0v) is 12.9. The van der Waals surface area contributed by atoms with Crippen LogP contribution in [0.15, 0.2) is 36.5 Å². The lowest BCUT2D eigenvalue weighted by Gasteiger charge is -2.23. The summed E-state index contributed by atoms with van der Waals surface area (Å²) in [6, 6.07) is 8.72. The summed E-state index contributed by atoms with van der Waals surface area (Å²) in [6.07, 6.45) is 2.48. The Morgan fingerprint density at radius 1 is 1.27 bits per heavy atom. The van der Waals surface area contributed by atoms with E-state index in [1.54, 1.807) is 29.3 Å². The number of fused-ring (bicyclic) bond motifs is 1. The van der Waals surface area contributed by atoms with E-state index in [2.05, 4.69) is 20.2 Å². The van der Waals surface area contributed by atoms with Crippen molar-refractivity contribution in [1.29, 1.82) is 0 Å². The molecule has 0 unspecified atom stereocenters. The van der Waals surface area contributed by atoms with E-state index in [4.69, 9.17) is 11.6 Å². The van der Waals surface area contributed by atoms with Crippen molar-refractivity contribution >= 4 is 35.0 Å². The third kappa shape index (κ3) is 2.96. The number of amides is 2. The van der Waals surface area contributed by atoms with Crippen molar-refractivity contribution in [3.8, 4) is 0 Å². The molecule has 7 heteroatoms. The minimum atomic E-state index is -0.259. The molecule has 0 aliphatic carbocycles. The van der Waals surface area contributed by atoms with Crippen LogP contribution >= 0.6 is 11.6 Å². The maximum atomic E-state index is 12.6. The lowest BCUT2D eigenvalue weighted by atomic mass is 10.3. The third-order valence-corrected chi connectivity index (χ3v) is 3.72. The van der Waals surface area contributed by atoms with Crippen LogP contribution in [0.4, 0.5) is 22.1 Å². The Labute approximate surface area is 133 Å². The number of nitrogens with one attached hydrogen (secondary N) is 1. The zero-order valence-electron chi connectivity index (χ0n) is 12.2. The Kier molecular flexibility index (Phi) is 4.11. The van der Waals surface area contributed by atoms with Crippen LogP contribution in [-0.2, 0) is 0 Å². The van der Waals surface area contributed by atoms with Gasteiger partial charge in [-0.25, -0.2) is 14.8 Å². The summed E-state index contributed by atoms with van der Waals surface area (Å²) in [6.45, 7) is 1.42. The van der Waals surface area contributed by atoms with E-state index in [9.17, 15) is 4.79 Å². The van der Waals surface area contributed by atoms with E-state index >= 15 is 0 Å². The molecule has 6 nitrogen and oxygen atoms in total. The number of carbonyl (C=O) groups is 1. The minimum absolute atomic E-state index is 0.259. The van der Waals surface area contributed by atoms with Gasteiger partial charge in [0.25, 0.3) is 0 Å². The van der Waals surface area contributed by atoms with Gasteiger partial charge in [-0.05, 0) is 30.7 Å². The van der Waals surface area contributed by atoms with Gasteiger partial charge in [-0.1, -0.05) is 17.7 Å². The van der Waals surface area contributed by atoms with Crippen molar-refractivity contribution in [2.24, 2.45) is 0 Å². The molecule has 0 aromatic carbocycles. The molecule has 0 saturated heterocycles. The quantitative estimate of drug-likeness (QED) is 0.821. The summed E-state index contributed by atoms with van der Waals surface area (Å²) in [7, 11) is 1.98. The summed E-state index contributed by atoms with van der Waals surface area (Å²) < 4.78 is 0. The van der Waals surface area contributed by atoms with Gasteiger partial charge in [0.1, 0.15) is 11.0 Å². The van der Waals surface area contributed by atoms with Crippen molar-refractivity contribution in [3.63, 3.8) is 0 Å². The monoisotopic (exact) mass is 317 g/mol. The predicted molar refractivity (Wildman–Crippen MR) is 87.7 cm³/mol. The number of pyridine rings is 2. The second-order valence-electron chi connectivity index (χ2n) is 5.05. The first kappa shape index (κ1) is 14.6. The molecular formula is C15H16ClN5O. The van der Waals surface area contributed by atoms with Crippen LogP contribution in [-0.4, -0.2) is 36.1 Å². The first-order chi connectivity index (χ1) is 10.6. The van der Waals surface area contributed by atoms with Gasteiger partial charge in [0.15, 0.2) is 5.82 Å². The van der Waals surface area contributed by atoms with Crippen LogP contribution in [0.25, 0.3) is 0 Å². The maximum Gasteiger partial charge on any atom is 0.328 e. The van der Waals surface area contributed by atoms with E-state index in [1.165, 1.54) is 0 Å². The molecule has 0 fully saturated rings. The molecule has 0 bridgehead atoms. The smallest absolute Gasteiger partial charge is 0.328 e. The molecule has 22 heavy (non-hydrogen) atoms. The first-order valence-electron chi connectivity index (χ1n) is 7.02. The molecule has 2 amide bonds. The molecule has 1 aliphatic rings. The highest BCUT2D eigenvalue weighted by molar-refractivity contribution is 6.29. The lowest BCUT2D eigenvalue weighted by Crippen LogP contribution is -2.36. The van der Waals surface area contributed by atoms with Crippen molar-refractivity contribution in [1.82, 2.24) is 9.97 Å². The fourth-order valence-corrected chi connectivity index (χ4v) is 2.56. The molecule has 1 N–H and O–H groups in total. The van der Waals surface area contributed by atoms with Gasteiger partial charge in [-0.15, -0.1) is 0 Å². The van der Waals surface area contributed by atoms with Crippen LogP contribution in [0.1, 0.15) is 6.42 Å². The summed E-state index contributed by atoms with van der Waals surface area (Å²) in [4.78, 5) is 24.7. The van der Waals surface area contributed by atoms with Gasteiger partial charge in [-0.2, -0.15) is 0 Å². The normalized spacial score (nSPS) is 14.3. The average Bonchev–Trinajstić information content (AvgIpc) is 2.67. The SMILES string of the molecule is CN1CCCN(C(=O)Nc2ccccn2)c2nc(Cl)ccc21. The number of hydrogen-bond donors (Lipinski definition) is 1. The zero-order chi connectivity index (χ0) is 15.5. The first-order valence-corrected chi connectivity index (χ1v) is 7.40. The Bertz CT molecular complexity index is 679. The number of rotatable bonds is 1. The Balaban J connectivity index is 1.91. The molecule has 3 rings (SSSR count). The van der Waals surface area contributed by atoms with E-state index in [-0.39, 0.29) is 6.03 Å². The Morgan fingerprint density at radius 3 is 2.91 bits per heavy atom. The van der Waals surface area contributed by atoms with Crippen LogP contribution in [0, 0.1) is 0 Å². The number of urea groups is 1. The van der Waals surface area contributed by atoms with Gasteiger partial charge in [0.2, 0.25) is 0 Å². The van der Waals surface area contributed by atoms with E-state index in [0.717, 1.165) is 18.7 Å². The minimum Gasteiger partial charge on any atom is -0.372 e. The lowest BCUT2D eigenvalue weighted by molar-refractivity contribution is 0.256. The largest absolute Gasteiger partial charge is 0.372 e. The number of anilines is 3. The molecule has 114 valence electrons. The predicted octanol–water partition coefficient (Wildman–Crippen LogP) is 3.01.